The average molecular weight is 411 g/mol. The second-order valence-corrected chi connectivity index (χ2v) is 6.92. The highest BCUT2D eigenvalue weighted by Gasteiger charge is 2.14. The summed E-state index contributed by atoms with van der Waals surface area (Å²) in [6.07, 6.45) is 1.52. The van der Waals surface area contributed by atoms with Crippen molar-refractivity contribution in [2.75, 3.05) is 12.1 Å². The van der Waals surface area contributed by atoms with Gasteiger partial charge >= 0.3 is 0 Å². The molecule has 0 aliphatic carbocycles. The lowest BCUT2D eigenvalue weighted by atomic mass is 10.2. The number of benzene rings is 2. The smallest absolute Gasteiger partial charge is 0.254 e. The number of aryl methyl sites for hydroxylation is 1. The van der Waals surface area contributed by atoms with E-state index in [2.05, 4.69) is 20.6 Å². The molecular weight excluding hydrogens is 392 g/mol. The first-order valence-corrected chi connectivity index (χ1v) is 9.45. The minimum Gasteiger partial charge on any atom is -0.454 e. The summed E-state index contributed by atoms with van der Waals surface area (Å²) in [5, 5.41) is 6.62. The Morgan fingerprint density at radius 1 is 1.14 bits per heavy atom. The molecule has 29 heavy (non-hydrogen) atoms. The van der Waals surface area contributed by atoms with Crippen LogP contribution >= 0.6 is 11.6 Å². The Hall–Kier alpha value is -3.32. The highest BCUT2D eigenvalue weighted by atomic mass is 35.5. The Balaban J connectivity index is 1.37. The maximum absolute atomic E-state index is 12.5. The van der Waals surface area contributed by atoms with E-state index in [1.807, 2.05) is 36.4 Å². The maximum atomic E-state index is 12.5. The van der Waals surface area contributed by atoms with E-state index in [0.29, 0.717) is 35.3 Å². The van der Waals surface area contributed by atoms with Crippen LogP contribution in [0.25, 0.3) is 0 Å². The molecule has 0 fully saturated rings. The van der Waals surface area contributed by atoms with Crippen molar-refractivity contribution in [3.05, 3.63) is 76.1 Å². The van der Waals surface area contributed by atoms with Crippen molar-refractivity contribution in [3.8, 4) is 11.5 Å². The largest absolute Gasteiger partial charge is 0.454 e. The molecule has 148 valence electrons. The van der Waals surface area contributed by atoms with Gasteiger partial charge in [-0.15, -0.1) is 0 Å². The summed E-state index contributed by atoms with van der Waals surface area (Å²) in [6.45, 7) is 2.88. The highest BCUT2D eigenvalue weighted by Crippen LogP contribution is 2.32. The molecule has 0 unspecified atom stereocenters. The maximum Gasteiger partial charge on any atom is 0.254 e. The summed E-state index contributed by atoms with van der Waals surface area (Å²) in [5.41, 5.74) is 2.87. The fourth-order valence-electron chi connectivity index (χ4n) is 2.92. The highest BCUT2D eigenvalue weighted by molar-refractivity contribution is 6.31. The Morgan fingerprint density at radius 3 is 2.79 bits per heavy atom. The first-order chi connectivity index (χ1) is 14.1. The molecule has 4 rings (SSSR count). The molecule has 0 atom stereocenters. The van der Waals surface area contributed by atoms with Crippen LogP contribution in [0.5, 0.6) is 11.5 Å². The minimum atomic E-state index is -0.246. The van der Waals surface area contributed by atoms with Crippen molar-refractivity contribution in [2.24, 2.45) is 0 Å². The zero-order valence-electron chi connectivity index (χ0n) is 15.7. The predicted molar refractivity (Wildman–Crippen MR) is 109 cm³/mol. The number of nitrogens with zero attached hydrogens (tertiary/aromatic N) is 2. The van der Waals surface area contributed by atoms with Crippen molar-refractivity contribution < 1.29 is 14.3 Å². The molecule has 7 nitrogen and oxygen atoms in total. The Bertz CT molecular complexity index is 1060. The molecule has 1 amide bonds. The quantitative estimate of drug-likeness (QED) is 0.644. The third kappa shape index (κ3) is 4.41. The number of hydrogen-bond donors (Lipinski definition) is 2. The molecule has 1 aliphatic heterocycles. The number of carbonyl (C=O) groups excluding carboxylic acids is 1. The predicted octanol–water partition coefficient (Wildman–Crippen LogP) is 3.71. The van der Waals surface area contributed by atoms with E-state index in [4.69, 9.17) is 21.1 Å². The number of anilines is 1. The van der Waals surface area contributed by atoms with Gasteiger partial charge in [0, 0.05) is 24.3 Å². The summed E-state index contributed by atoms with van der Waals surface area (Å²) in [6, 6.07) is 13.1. The number of halogens is 1. The lowest BCUT2D eigenvalue weighted by Crippen LogP contribution is -2.24. The third-order valence-corrected chi connectivity index (χ3v) is 4.88. The number of fused-ring (bicyclic) bond motifs is 1. The van der Waals surface area contributed by atoms with Crippen LogP contribution in [-0.4, -0.2) is 22.7 Å². The number of hydrogen-bond acceptors (Lipinski definition) is 6. The molecule has 1 aromatic heterocycles. The fourth-order valence-corrected chi connectivity index (χ4v) is 3.12. The van der Waals surface area contributed by atoms with Crippen LogP contribution in [0.1, 0.15) is 27.2 Å². The molecule has 1 aliphatic rings. The number of ether oxygens (including phenoxy) is 2. The molecule has 0 radical (unpaired) electrons. The topological polar surface area (TPSA) is 85.4 Å². The molecule has 3 aromatic rings. The van der Waals surface area contributed by atoms with Gasteiger partial charge in [-0.3, -0.25) is 4.79 Å². The van der Waals surface area contributed by atoms with E-state index in [1.54, 1.807) is 13.0 Å². The van der Waals surface area contributed by atoms with Crippen LogP contribution in [-0.2, 0) is 13.1 Å². The first-order valence-electron chi connectivity index (χ1n) is 9.08. The SMILES string of the molecule is Cc1nc(NCc2ccc3c(c2)OCO3)ncc1C(=O)NCc1ccccc1Cl. The normalized spacial score (nSPS) is 11.9. The summed E-state index contributed by atoms with van der Waals surface area (Å²) in [4.78, 5) is 21.1. The first kappa shape index (κ1) is 19.0. The van der Waals surface area contributed by atoms with Crippen LogP contribution in [0.4, 0.5) is 5.95 Å². The van der Waals surface area contributed by atoms with Gasteiger partial charge in [-0.2, -0.15) is 0 Å². The van der Waals surface area contributed by atoms with Crippen LogP contribution in [0.15, 0.2) is 48.7 Å². The number of amides is 1. The summed E-state index contributed by atoms with van der Waals surface area (Å²) < 4.78 is 10.7. The number of aromatic nitrogens is 2. The van der Waals surface area contributed by atoms with E-state index in [-0.39, 0.29) is 12.7 Å². The fraction of sp³-hybridized carbons (Fsp3) is 0.190. The van der Waals surface area contributed by atoms with Crippen molar-refractivity contribution in [2.45, 2.75) is 20.0 Å². The van der Waals surface area contributed by atoms with Crippen molar-refractivity contribution in [1.29, 1.82) is 0 Å². The molecule has 8 heteroatoms. The molecule has 0 spiro atoms. The molecule has 0 saturated carbocycles. The number of carbonyl (C=O) groups is 1. The van der Waals surface area contributed by atoms with Gasteiger partial charge in [0.25, 0.3) is 5.91 Å². The zero-order chi connectivity index (χ0) is 20.2. The second kappa shape index (κ2) is 8.36. The molecular formula is C21H19ClN4O3. The van der Waals surface area contributed by atoms with Gasteiger partial charge in [0.05, 0.1) is 11.3 Å². The van der Waals surface area contributed by atoms with Gasteiger partial charge in [-0.05, 0) is 36.2 Å². The molecule has 0 saturated heterocycles. The average Bonchev–Trinajstić information content (AvgIpc) is 3.19. The lowest BCUT2D eigenvalue weighted by molar-refractivity contribution is 0.0949. The summed E-state index contributed by atoms with van der Waals surface area (Å²) in [5.74, 6) is 1.67. The lowest BCUT2D eigenvalue weighted by Gasteiger charge is -2.10. The monoisotopic (exact) mass is 410 g/mol. The zero-order valence-corrected chi connectivity index (χ0v) is 16.5. The second-order valence-electron chi connectivity index (χ2n) is 6.51. The summed E-state index contributed by atoms with van der Waals surface area (Å²) >= 11 is 6.12. The van der Waals surface area contributed by atoms with Crippen molar-refractivity contribution in [3.63, 3.8) is 0 Å². The van der Waals surface area contributed by atoms with Crippen molar-refractivity contribution >= 4 is 23.5 Å². The van der Waals surface area contributed by atoms with Gasteiger partial charge in [-0.1, -0.05) is 35.9 Å². The van der Waals surface area contributed by atoms with Gasteiger partial charge in [0.2, 0.25) is 12.7 Å². The van der Waals surface area contributed by atoms with E-state index in [9.17, 15) is 4.79 Å². The third-order valence-electron chi connectivity index (χ3n) is 4.51. The van der Waals surface area contributed by atoms with E-state index >= 15 is 0 Å². The number of rotatable bonds is 6. The molecule has 2 N–H and O–H groups in total. The van der Waals surface area contributed by atoms with Crippen LogP contribution < -0.4 is 20.1 Å². The minimum absolute atomic E-state index is 0.245. The Morgan fingerprint density at radius 2 is 1.97 bits per heavy atom. The molecule has 0 bridgehead atoms. The number of nitrogens with one attached hydrogen (secondary N) is 2. The Labute approximate surface area is 173 Å². The van der Waals surface area contributed by atoms with Crippen LogP contribution in [0.3, 0.4) is 0 Å². The Kier molecular flexibility index (Phi) is 5.48. The molecule has 2 heterocycles. The van der Waals surface area contributed by atoms with Gasteiger partial charge in [0.1, 0.15) is 0 Å². The van der Waals surface area contributed by atoms with Gasteiger partial charge in [0.15, 0.2) is 11.5 Å². The van der Waals surface area contributed by atoms with Gasteiger partial charge < -0.3 is 20.1 Å². The van der Waals surface area contributed by atoms with Crippen LogP contribution in [0.2, 0.25) is 5.02 Å². The standard InChI is InChI=1S/C21H19ClN4O3/c1-13-16(20(27)23-10-15-4-2-3-5-17(15)22)11-25-21(26-13)24-9-14-6-7-18-19(8-14)29-12-28-18/h2-8,11H,9-10,12H2,1H3,(H,23,27)(H,24,25,26). The van der Waals surface area contributed by atoms with Crippen LogP contribution in [0, 0.1) is 6.92 Å². The van der Waals surface area contributed by atoms with Crippen molar-refractivity contribution in [1.82, 2.24) is 15.3 Å². The van der Waals surface area contributed by atoms with E-state index in [0.717, 1.165) is 22.6 Å². The molecule has 2 aromatic carbocycles. The van der Waals surface area contributed by atoms with E-state index < -0.39 is 0 Å². The van der Waals surface area contributed by atoms with Gasteiger partial charge in [-0.25, -0.2) is 9.97 Å². The van der Waals surface area contributed by atoms with E-state index in [1.165, 1.54) is 6.20 Å². The summed E-state index contributed by atoms with van der Waals surface area (Å²) in [7, 11) is 0.